The molecule has 1 aromatic carbocycles. The van der Waals surface area contributed by atoms with E-state index in [1.54, 1.807) is 6.07 Å². The van der Waals surface area contributed by atoms with Crippen molar-refractivity contribution in [3.8, 4) is 11.8 Å². The molecular formula is C17H21NO3. The Labute approximate surface area is 126 Å². The first kappa shape index (κ1) is 16.8. The van der Waals surface area contributed by atoms with E-state index in [-0.39, 0.29) is 11.7 Å². The number of nitriles is 1. The first-order valence-electron chi connectivity index (χ1n) is 7.13. The second-order valence-electron chi connectivity index (χ2n) is 4.86. The first-order valence-corrected chi connectivity index (χ1v) is 7.13. The summed E-state index contributed by atoms with van der Waals surface area (Å²) < 4.78 is 10.7. The van der Waals surface area contributed by atoms with Gasteiger partial charge in [0, 0.05) is 5.56 Å². The predicted octanol–water partition coefficient (Wildman–Crippen LogP) is 3.72. The Balaban J connectivity index is 2.93. The molecule has 0 atom stereocenters. The van der Waals surface area contributed by atoms with Crippen molar-refractivity contribution in [2.45, 2.75) is 39.7 Å². The highest BCUT2D eigenvalue weighted by Gasteiger charge is 2.12. The van der Waals surface area contributed by atoms with Gasteiger partial charge in [-0.15, -0.1) is 0 Å². The Bertz CT molecular complexity index is 541. The second kappa shape index (κ2) is 8.80. The molecule has 0 unspecified atom stereocenters. The maximum Gasteiger partial charge on any atom is 0.348 e. The lowest BCUT2D eigenvalue weighted by atomic mass is 10.1. The molecule has 0 saturated carbocycles. The zero-order chi connectivity index (χ0) is 15.7. The highest BCUT2D eigenvalue weighted by molar-refractivity contribution is 5.98. The lowest BCUT2D eigenvalue weighted by Gasteiger charge is -2.12. The number of carbonyl (C=O) groups excluding carboxylic acids is 1. The molecule has 0 aliphatic carbocycles. The van der Waals surface area contributed by atoms with Crippen molar-refractivity contribution in [2.75, 3.05) is 6.61 Å². The van der Waals surface area contributed by atoms with Gasteiger partial charge < -0.3 is 9.47 Å². The zero-order valence-electron chi connectivity index (χ0n) is 12.8. The molecular weight excluding hydrogens is 266 g/mol. The van der Waals surface area contributed by atoms with Crippen molar-refractivity contribution < 1.29 is 14.3 Å². The van der Waals surface area contributed by atoms with E-state index in [0.717, 1.165) is 12.8 Å². The zero-order valence-corrected chi connectivity index (χ0v) is 12.8. The number of rotatable bonds is 7. The van der Waals surface area contributed by atoms with Crippen LogP contribution in [0.4, 0.5) is 0 Å². The monoisotopic (exact) mass is 287 g/mol. The van der Waals surface area contributed by atoms with E-state index in [9.17, 15) is 4.79 Å². The van der Waals surface area contributed by atoms with Crippen LogP contribution in [-0.2, 0) is 9.53 Å². The van der Waals surface area contributed by atoms with Crippen LogP contribution in [0, 0.1) is 11.3 Å². The highest BCUT2D eigenvalue weighted by atomic mass is 16.5. The van der Waals surface area contributed by atoms with E-state index in [1.807, 2.05) is 45.0 Å². The van der Waals surface area contributed by atoms with Crippen LogP contribution >= 0.6 is 0 Å². The van der Waals surface area contributed by atoms with Crippen LogP contribution in [0.5, 0.6) is 5.75 Å². The van der Waals surface area contributed by atoms with Crippen molar-refractivity contribution in [2.24, 2.45) is 0 Å². The number of para-hydroxylation sites is 1. The van der Waals surface area contributed by atoms with E-state index in [0.29, 0.717) is 17.9 Å². The molecule has 1 aromatic rings. The number of hydrogen-bond donors (Lipinski definition) is 0. The standard InChI is InChI=1S/C17H21NO3/c1-4-5-10-20-17(19)15(12-18)11-14-8-6-7-9-16(14)21-13(2)3/h6-9,11,13H,4-5,10H2,1-3H3. The maximum absolute atomic E-state index is 11.8. The molecule has 0 aromatic heterocycles. The third-order valence-electron chi connectivity index (χ3n) is 2.65. The molecule has 21 heavy (non-hydrogen) atoms. The average molecular weight is 287 g/mol. The van der Waals surface area contributed by atoms with E-state index in [1.165, 1.54) is 6.08 Å². The van der Waals surface area contributed by atoms with E-state index in [2.05, 4.69) is 0 Å². The van der Waals surface area contributed by atoms with Gasteiger partial charge in [0.05, 0.1) is 12.7 Å². The average Bonchev–Trinajstić information content (AvgIpc) is 2.45. The topological polar surface area (TPSA) is 59.3 Å². The van der Waals surface area contributed by atoms with Crippen molar-refractivity contribution in [1.29, 1.82) is 5.26 Å². The number of benzene rings is 1. The van der Waals surface area contributed by atoms with E-state index in [4.69, 9.17) is 14.7 Å². The normalized spacial score (nSPS) is 11.1. The van der Waals surface area contributed by atoms with Crippen LogP contribution in [0.25, 0.3) is 6.08 Å². The minimum Gasteiger partial charge on any atom is -0.490 e. The van der Waals surface area contributed by atoms with Gasteiger partial charge in [-0.05, 0) is 32.4 Å². The van der Waals surface area contributed by atoms with Crippen LogP contribution in [-0.4, -0.2) is 18.7 Å². The molecule has 0 aliphatic rings. The number of esters is 1. The first-order chi connectivity index (χ1) is 10.1. The molecule has 0 N–H and O–H groups in total. The summed E-state index contributed by atoms with van der Waals surface area (Å²) in [6.45, 7) is 6.18. The molecule has 4 heteroatoms. The number of hydrogen-bond acceptors (Lipinski definition) is 4. The minimum absolute atomic E-state index is 0.0154. The third-order valence-corrected chi connectivity index (χ3v) is 2.65. The third kappa shape index (κ3) is 5.70. The summed E-state index contributed by atoms with van der Waals surface area (Å²) in [6, 6.07) is 9.18. The molecule has 0 radical (unpaired) electrons. The summed E-state index contributed by atoms with van der Waals surface area (Å²) in [4.78, 5) is 11.8. The largest absolute Gasteiger partial charge is 0.490 e. The van der Waals surface area contributed by atoms with Gasteiger partial charge in [0.25, 0.3) is 0 Å². The molecule has 1 rings (SSSR count). The quantitative estimate of drug-likeness (QED) is 0.332. The summed E-state index contributed by atoms with van der Waals surface area (Å²) in [6.07, 6.45) is 3.24. The smallest absolute Gasteiger partial charge is 0.348 e. The fourth-order valence-electron chi connectivity index (χ4n) is 1.64. The molecule has 0 bridgehead atoms. The second-order valence-corrected chi connectivity index (χ2v) is 4.86. The van der Waals surface area contributed by atoms with Crippen LogP contribution in [0.3, 0.4) is 0 Å². The van der Waals surface area contributed by atoms with Gasteiger partial charge in [-0.25, -0.2) is 4.79 Å². The van der Waals surface area contributed by atoms with Crippen LogP contribution in [0.2, 0.25) is 0 Å². The SMILES string of the molecule is CCCCOC(=O)C(C#N)=Cc1ccccc1OC(C)C. The van der Waals surface area contributed by atoms with Gasteiger partial charge >= 0.3 is 5.97 Å². The summed E-state index contributed by atoms with van der Waals surface area (Å²) in [5, 5.41) is 9.13. The van der Waals surface area contributed by atoms with Crippen molar-refractivity contribution >= 4 is 12.0 Å². The lowest BCUT2D eigenvalue weighted by Crippen LogP contribution is -2.09. The predicted molar refractivity (Wildman–Crippen MR) is 81.7 cm³/mol. The van der Waals surface area contributed by atoms with Crippen molar-refractivity contribution in [3.63, 3.8) is 0 Å². The summed E-state index contributed by atoms with van der Waals surface area (Å²) >= 11 is 0. The van der Waals surface area contributed by atoms with Gasteiger partial charge in [0.1, 0.15) is 17.4 Å². The number of nitrogens with zero attached hydrogens (tertiary/aromatic N) is 1. The fourth-order valence-corrected chi connectivity index (χ4v) is 1.64. The van der Waals surface area contributed by atoms with Gasteiger partial charge in [0.2, 0.25) is 0 Å². The number of ether oxygens (including phenoxy) is 2. The Morgan fingerprint density at radius 2 is 2.10 bits per heavy atom. The molecule has 0 amide bonds. The lowest BCUT2D eigenvalue weighted by molar-refractivity contribution is -0.138. The molecule has 4 nitrogen and oxygen atoms in total. The molecule has 0 heterocycles. The van der Waals surface area contributed by atoms with E-state index >= 15 is 0 Å². The Morgan fingerprint density at radius 3 is 2.71 bits per heavy atom. The summed E-state index contributed by atoms with van der Waals surface area (Å²) in [7, 11) is 0. The van der Waals surface area contributed by atoms with E-state index < -0.39 is 5.97 Å². The van der Waals surface area contributed by atoms with Crippen LogP contribution in [0.1, 0.15) is 39.2 Å². The van der Waals surface area contributed by atoms with Gasteiger partial charge in [0.15, 0.2) is 0 Å². The molecule has 0 fully saturated rings. The summed E-state index contributed by atoms with van der Waals surface area (Å²) in [5.41, 5.74) is 0.668. The summed E-state index contributed by atoms with van der Waals surface area (Å²) in [5.74, 6) is 0.0481. The van der Waals surface area contributed by atoms with Crippen LogP contribution in [0.15, 0.2) is 29.8 Å². The van der Waals surface area contributed by atoms with Gasteiger partial charge in [-0.1, -0.05) is 31.5 Å². The van der Waals surface area contributed by atoms with Gasteiger partial charge in [-0.3, -0.25) is 0 Å². The van der Waals surface area contributed by atoms with Crippen LogP contribution < -0.4 is 4.74 Å². The van der Waals surface area contributed by atoms with Crippen molar-refractivity contribution in [1.82, 2.24) is 0 Å². The Hall–Kier alpha value is -2.28. The van der Waals surface area contributed by atoms with Gasteiger partial charge in [-0.2, -0.15) is 5.26 Å². The highest BCUT2D eigenvalue weighted by Crippen LogP contribution is 2.22. The molecule has 0 spiro atoms. The Morgan fingerprint density at radius 1 is 1.38 bits per heavy atom. The fraction of sp³-hybridized carbons (Fsp3) is 0.412. The maximum atomic E-state index is 11.8. The Kier molecular flexibility index (Phi) is 7.03. The van der Waals surface area contributed by atoms with Crippen molar-refractivity contribution in [3.05, 3.63) is 35.4 Å². The number of carbonyl (C=O) groups is 1. The molecule has 0 saturated heterocycles. The number of unbranched alkanes of at least 4 members (excludes halogenated alkanes) is 1. The molecule has 112 valence electrons. The molecule has 0 aliphatic heterocycles. The minimum atomic E-state index is -0.592.